The third-order valence-corrected chi connectivity index (χ3v) is 13.2. The van der Waals surface area contributed by atoms with Crippen LogP contribution in [-0.4, -0.2) is 74.3 Å². The number of rotatable bonds is 49. The monoisotopic (exact) mass is 914 g/mol. The van der Waals surface area contributed by atoms with E-state index in [0.717, 1.165) is 57.8 Å². The number of hydrogen-bond donors (Lipinski definition) is 2. The lowest BCUT2D eigenvalue weighted by Gasteiger charge is -2.27. The first-order valence-corrected chi connectivity index (χ1v) is 28.5. The molecule has 0 aromatic carbocycles. The normalized spacial score (nSPS) is 14.0. The topological polar surface area (TPSA) is 111 Å². The Kier molecular flexibility index (Phi) is 43.7. The molecule has 2 N–H and O–H groups in total. The van der Waals surface area contributed by atoms with Crippen molar-refractivity contribution in [2.24, 2.45) is 0 Å². The van der Waals surface area contributed by atoms with E-state index in [1.807, 2.05) is 33.3 Å². The lowest BCUT2D eigenvalue weighted by atomic mass is 10.0. The maximum absolute atomic E-state index is 13.4. The Bertz CT molecular complexity index is 1100. The molecule has 3 unspecified atom stereocenters. The summed E-state index contributed by atoms with van der Waals surface area (Å²) in [5.41, 5.74) is 0. The number of amides is 1. The molecule has 374 valence electrons. The van der Waals surface area contributed by atoms with Gasteiger partial charge >= 0.3 is 13.8 Å². The molecular weight excluding hydrogens is 808 g/mol. The van der Waals surface area contributed by atoms with Gasteiger partial charge in [-0.3, -0.25) is 18.6 Å². The Hall–Kier alpha value is -1.25. The number of carbonyl (C=O) groups excluding carboxylic acids is 2. The average molecular weight is 914 g/mol. The highest BCUT2D eigenvalue weighted by Crippen LogP contribution is 2.43. The second-order valence-electron chi connectivity index (χ2n) is 19.8. The fraction of sp³-hybridized carbons (Fsp3) is 0.925. The third-order valence-electron chi connectivity index (χ3n) is 12.2. The summed E-state index contributed by atoms with van der Waals surface area (Å²) in [7, 11) is 1.51. The molecular formula is C53H106N2O7P+. The smallest absolute Gasteiger partial charge is 0.456 e. The van der Waals surface area contributed by atoms with Crippen LogP contribution >= 0.6 is 7.82 Å². The predicted molar refractivity (Wildman–Crippen MR) is 268 cm³/mol. The molecule has 1 amide bonds. The molecule has 0 aliphatic carbocycles. The van der Waals surface area contributed by atoms with E-state index >= 15 is 0 Å². The minimum Gasteiger partial charge on any atom is -0.456 e. The van der Waals surface area contributed by atoms with Gasteiger partial charge in [-0.2, -0.15) is 0 Å². The fourth-order valence-electron chi connectivity index (χ4n) is 8.00. The zero-order valence-corrected chi connectivity index (χ0v) is 43.5. The number of quaternary nitrogens is 1. The van der Waals surface area contributed by atoms with Gasteiger partial charge in [-0.25, -0.2) is 4.57 Å². The van der Waals surface area contributed by atoms with E-state index in [1.54, 1.807) is 0 Å². The van der Waals surface area contributed by atoms with Gasteiger partial charge in [0.05, 0.1) is 33.8 Å². The van der Waals surface area contributed by atoms with Crippen molar-refractivity contribution in [3.05, 3.63) is 12.2 Å². The number of hydrogen-bond acceptors (Lipinski definition) is 6. The van der Waals surface area contributed by atoms with Crippen molar-refractivity contribution >= 4 is 19.7 Å². The lowest BCUT2D eigenvalue weighted by Crippen LogP contribution is -2.47. The largest absolute Gasteiger partial charge is 0.472 e. The van der Waals surface area contributed by atoms with Gasteiger partial charge in [0.2, 0.25) is 5.91 Å². The van der Waals surface area contributed by atoms with Crippen LogP contribution in [-0.2, 0) is 27.9 Å². The van der Waals surface area contributed by atoms with Crippen LogP contribution in [0.25, 0.3) is 0 Å². The van der Waals surface area contributed by atoms with Gasteiger partial charge in [0.1, 0.15) is 19.3 Å². The van der Waals surface area contributed by atoms with E-state index in [-0.39, 0.29) is 25.1 Å². The molecule has 0 saturated carbocycles. The molecule has 0 radical (unpaired) electrons. The van der Waals surface area contributed by atoms with Crippen LogP contribution in [0.2, 0.25) is 0 Å². The second-order valence-corrected chi connectivity index (χ2v) is 21.2. The van der Waals surface area contributed by atoms with Crippen LogP contribution in [0.1, 0.15) is 265 Å². The summed E-state index contributed by atoms with van der Waals surface area (Å²) in [6, 6.07) is -0.836. The molecule has 10 heteroatoms. The number of unbranched alkanes of at least 4 members (excludes halogenated alkanes) is 33. The van der Waals surface area contributed by atoms with Gasteiger partial charge in [-0.15, -0.1) is 0 Å². The molecule has 0 aliphatic rings. The van der Waals surface area contributed by atoms with E-state index in [1.165, 1.54) is 173 Å². The first-order chi connectivity index (χ1) is 30.4. The Morgan fingerprint density at radius 1 is 0.540 bits per heavy atom. The fourth-order valence-corrected chi connectivity index (χ4v) is 8.74. The van der Waals surface area contributed by atoms with Crippen molar-refractivity contribution in [1.29, 1.82) is 0 Å². The van der Waals surface area contributed by atoms with Crippen LogP contribution in [0.5, 0.6) is 0 Å². The predicted octanol–water partition coefficient (Wildman–Crippen LogP) is 15.7. The quantitative estimate of drug-likeness (QED) is 0.0206. The standard InChI is InChI=1S/C53H105N2O7P/c1-7-10-13-16-19-22-25-27-30-32-35-38-41-44-51(62-53(57)46-43-40-37-34-29-24-21-18-15-12-9-3)50(49-61-63(58,59)60-48-47-55(4,5)6)54-52(56)45-42-39-36-33-31-28-26-23-20-17-14-11-8-2/h41,44,50-51H,7-40,42-43,45-49H2,1-6H3,(H-,54,56,58,59)/p+1/b44-41+. The molecule has 0 rings (SSSR count). The average Bonchev–Trinajstić information content (AvgIpc) is 3.23. The molecule has 0 heterocycles. The molecule has 0 aromatic rings. The molecule has 0 spiro atoms. The number of phosphoric acid groups is 1. The minimum absolute atomic E-state index is 0.0452. The maximum Gasteiger partial charge on any atom is 0.472 e. The number of carbonyl (C=O) groups is 2. The zero-order valence-electron chi connectivity index (χ0n) is 42.6. The Morgan fingerprint density at radius 3 is 1.30 bits per heavy atom. The molecule has 0 fully saturated rings. The van der Waals surface area contributed by atoms with Gasteiger partial charge in [-0.1, -0.05) is 232 Å². The number of nitrogens with one attached hydrogen (secondary N) is 1. The zero-order chi connectivity index (χ0) is 46.5. The van der Waals surface area contributed by atoms with Gasteiger partial charge in [0, 0.05) is 12.8 Å². The van der Waals surface area contributed by atoms with Crippen LogP contribution in [0.15, 0.2) is 12.2 Å². The molecule has 0 aliphatic heterocycles. The summed E-state index contributed by atoms with van der Waals surface area (Å²) in [6.07, 6.45) is 47.6. The Balaban J connectivity index is 5.40. The molecule has 3 atom stereocenters. The number of esters is 1. The highest BCUT2D eigenvalue weighted by atomic mass is 31.2. The Labute approximate surface area is 391 Å². The summed E-state index contributed by atoms with van der Waals surface area (Å²) in [6.45, 7) is 7.02. The molecule has 0 bridgehead atoms. The van der Waals surface area contributed by atoms with Gasteiger partial charge in [0.15, 0.2) is 0 Å². The third kappa shape index (κ3) is 45.7. The van der Waals surface area contributed by atoms with Crippen LogP contribution in [0.3, 0.4) is 0 Å². The lowest BCUT2D eigenvalue weighted by molar-refractivity contribution is -0.870. The number of likely N-dealkylation sites (N-methyl/N-ethyl adjacent to an activating group) is 1. The first-order valence-electron chi connectivity index (χ1n) is 27.0. The molecule has 9 nitrogen and oxygen atoms in total. The number of ether oxygens (including phenoxy) is 1. The van der Waals surface area contributed by atoms with Crippen LogP contribution < -0.4 is 5.32 Å². The van der Waals surface area contributed by atoms with E-state index in [0.29, 0.717) is 23.9 Å². The highest BCUT2D eigenvalue weighted by molar-refractivity contribution is 7.47. The number of allylic oxidation sites excluding steroid dienone is 1. The van der Waals surface area contributed by atoms with Gasteiger partial charge in [-0.05, 0) is 31.8 Å². The van der Waals surface area contributed by atoms with E-state index in [2.05, 4.69) is 26.1 Å². The number of phosphoric ester groups is 1. The van der Waals surface area contributed by atoms with Crippen molar-refractivity contribution in [2.45, 2.75) is 277 Å². The maximum atomic E-state index is 13.4. The summed E-state index contributed by atoms with van der Waals surface area (Å²) in [5, 5.41) is 3.04. The number of nitrogens with zero attached hydrogens (tertiary/aromatic N) is 1. The second kappa shape index (κ2) is 44.6. The summed E-state index contributed by atoms with van der Waals surface area (Å²) in [5.74, 6) is -0.493. The Morgan fingerprint density at radius 2 is 0.905 bits per heavy atom. The molecule has 0 saturated heterocycles. The van der Waals surface area contributed by atoms with E-state index in [9.17, 15) is 19.0 Å². The summed E-state index contributed by atoms with van der Waals surface area (Å²) < 4.78 is 30.5. The summed E-state index contributed by atoms with van der Waals surface area (Å²) >= 11 is 0. The van der Waals surface area contributed by atoms with E-state index < -0.39 is 20.0 Å². The van der Waals surface area contributed by atoms with Crippen molar-refractivity contribution < 1.29 is 37.3 Å². The molecule has 0 aromatic heterocycles. The van der Waals surface area contributed by atoms with E-state index in [4.69, 9.17) is 13.8 Å². The highest BCUT2D eigenvalue weighted by Gasteiger charge is 2.30. The van der Waals surface area contributed by atoms with Crippen molar-refractivity contribution in [1.82, 2.24) is 5.32 Å². The van der Waals surface area contributed by atoms with Crippen molar-refractivity contribution in [3.63, 3.8) is 0 Å². The van der Waals surface area contributed by atoms with Crippen LogP contribution in [0, 0.1) is 0 Å². The summed E-state index contributed by atoms with van der Waals surface area (Å²) in [4.78, 5) is 37.4. The van der Waals surface area contributed by atoms with Gasteiger partial charge in [0.25, 0.3) is 0 Å². The van der Waals surface area contributed by atoms with Crippen molar-refractivity contribution in [3.8, 4) is 0 Å². The minimum atomic E-state index is -4.43. The van der Waals surface area contributed by atoms with Crippen LogP contribution in [0.4, 0.5) is 0 Å². The molecule has 63 heavy (non-hydrogen) atoms. The SMILES string of the molecule is CCCCCCCCCCCCC/C=C/C(OC(=O)CCCCCCCCCCCCC)C(COP(=O)(O)OCC[N+](C)(C)C)NC(=O)CCCCCCCCCCCCCCC. The van der Waals surface area contributed by atoms with Gasteiger partial charge < -0.3 is 19.4 Å². The van der Waals surface area contributed by atoms with Crippen molar-refractivity contribution in [2.75, 3.05) is 40.9 Å². The first kappa shape index (κ1) is 61.8.